The largest absolute Gasteiger partial charge is 0.257 e. The van der Waals surface area contributed by atoms with Gasteiger partial charge in [0.05, 0.1) is 28.0 Å². The van der Waals surface area contributed by atoms with Crippen LogP contribution in [0.3, 0.4) is 0 Å². The predicted octanol–water partition coefficient (Wildman–Crippen LogP) is 11.6. The summed E-state index contributed by atoms with van der Waals surface area (Å²) in [6, 6.07) is 53.4. The summed E-state index contributed by atoms with van der Waals surface area (Å²) in [7, 11) is 0. The van der Waals surface area contributed by atoms with E-state index in [-0.39, 0.29) is 0 Å². The van der Waals surface area contributed by atoms with Gasteiger partial charge < -0.3 is 0 Å². The molecule has 5 aromatic carbocycles. The van der Waals surface area contributed by atoms with Crippen LogP contribution in [0.5, 0.6) is 0 Å². The van der Waals surface area contributed by atoms with Gasteiger partial charge in [-0.15, -0.1) is 0 Å². The zero-order chi connectivity index (χ0) is 36.2. The van der Waals surface area contributed by atoms with Crippen LogP contribution in [0.2, 0.25) is 0 Å². The molecule has 4 heteroatoms. The standard InChI is InChI=1S/C50H34N4/c1-32(44-25-11-13-28-51-44)30-34(31-33(2)45-26-12-14-29-52-45)48-38-19-6-10-27-46(38)53-49(54-48)39-20-15-24-43-47(39)37-18-5-9-23-42(37)50(43)40-21-7-3-16-35(40)36-17-4-8-22-41(36)50/h3-31H,1H2,2H3/b33-31+,34-30+. The van der Waals surface area contributed by atoms with Crippen molar-refractivity contribution in [2.75, 3.05) is 0 Å². The van der Waals surface area contributed by atoms with Crippen molar-refractivity contribution in [3.05, 3.63) is 222 Å². The van der Waals surface area contributed by atoms with Gasteiger partial charge in [-0.2, -0.15) is 0 Å². The molecule has 0 unspecified atom stereocenters. The van der Waals surface area contributed by atoms with Gasteiger partial charge in [0.15, 0.2) is 5.82 Å². The molecule has 254 valence electrons. The molecule has 3 heterocycles. The first-order chi connectivity index (χ1) is 26.6. The van der Waals surface area contributed by atoms with Crippen molar-refractivity contribution < 1.29 is 0 Å². The maximum Gasteiger partial charge on any atom is 0.161 e. The summed E-state index contributed by atoms with van der Waals surface area (Å²) >= 11 is 0. The lowest BCUT2D eigenvalue weighted by atomic mass is 9.70. The third-order valence-corrected chi connectivity index (χ3v) is 10.9. The Morgan fingerprint density at radius 2 is 1.07 bits per heavy atom. The van der Waals surface area contributed by atoms with Gasteiger partial charge in [0.2, 0.25) is 0 Å². The second-order valence-electron chi connectivity index (χ2n) is 13.9. The van der Waals surface area contributed by atoms with Crippen LogP contribution >= 0.6 is 0 Å². The molecule has 10 rings (SSSR count). The van der Waals surface area contributed by atoms with Crippen LogP contribution in [-0.4, -0.2) is 19.9 Å². The van der Waals surface area contributed by atoms with E-state index in [0.717, 1.165) is 50.3 Å². The first-order valence-corrected chi connectivity index (χ1v) is 18.2. The van der Waals surface area contributed by atoms with Crippen LogP contribution < -0.4 is 0 Å². The van der Waals surface area contributed by atoms with E-state index < -0.39 is 5.41 Å². The van der Waals surface area contributed by atoms with Gasteiger partial charge >= 0.3 is 0 Å². The second kappa shape index (κ2) is 12.6. The van der Waals surface area contributed by atoms with Crippen LogP contribution in [0, 0.1) is 0 Å². The van der Waals surface area contributed by atoms with E-state index in [1.807, 2.05) is 54.7 Å². The zero-order valence-electron chi connectivity index (χ0n) is 29.7. The van der Waals surface area contributed by atoms with E-state index in [1.54, 1.807) is 6.20 Å². The Labute approximate surface area is 314 Å². The van der Waals surface area contributed by atoms with Crippen LogP contribution in [-0.2, 0) is 5.41 Å². The van der Waals surface area contributed by atoms with E-state index in [9.17, 15) is 0 Å². The third-order valence-electron chi connectivity index (χ3n) is 10.9. The summed E-state index contributed by atoms with van der Waals surface area (Å²) in [6.07, 6.45) is 7.85. The molecule has 1 spiro atoms. The monoisotopic (exact) mass is 690 g/mol. The number of pyridine rings is 2. The van der Waals surface area contributed by atoms with Crippen molar-refractivity contribution in [2.24, 2.45) is 0 Å². The highest BCUT2D eigenvalue weighted by molar-refractivity contribution is 6.02. The fourth-order valence-electron chi connectivity index (χ4n) is 8.64. The SMILES string of the molecule is C=C(/C=C(\C=C(/C)c1ccccn1)c1nc(-c2cccc3c2-c2ccccc2C32c3ccccc3-c3ccccc32)nc2ccccc12)c1ccccn1. The van der Waals surface area contributed by atoms with Crippen molar-refractivity contribution in [3.8, 4) is 33.6 Å². The molecule has 0 bridgehead atoms. The van der Waals surface area contributed by atoms with Gasteiger partial charge in [0.25, 0.3) is 0 Å². The normalized spacial score (nSPS) is 13.7. The molecule has 0 fully saturated rings. The van der Waals surface area contributed by atoms with Crippen molar-refractivity contribution >= 4 is 27.6 Å². The Bertz CT molecular complexity index is 2800. The van der Waals surface area contributed by atoms with Gasteiger partial charge in [0.1, 0.15) is 0 Å². The van der Waals surface area contributed by atoms with E-state index in [2.05, 4.69) is 139 Å². The summed E-state index contributed by atoms with van der Waals surface area (Å²) < 4.78 is 0. The van der Waals surface area contributed by atoms with E-state index in [4.69, 9.17) is 9.97 Å². The fourth-order valence-corrected chi connectivity index (χ4v) is 8.64. The number of benzene rings is 5. The average molecular weight is 691 g/mol. The average Bonchev–Trinajstić information content (AvgIpc) is 3.71. The molecular weight excluding hydrogens is 657 g/mol. The molecule has 0 amide bonds. The number of allylic oxidation sites excluding steroid dienone is 5. The molecule has 0 atom stereocenters. The van der Waals surface area contributed by atoms with Gasteiger partial charge in [-0.1, -0.05) is 128 Å². The van der Waals surface area contributed by atoms with Gasteiger partial charge in [0, 0.05) is 28.9 Å². The predicted molar refractivity (Wildman–Crippen MR) is 220 cm³/mol. The third kappa shape index (κ3) is 4.77. The number of aromatic nitrogens is 4. The summed E-state index contributed by atoms with van der Waals surface area (Å²) in [4.78, 5) is 20.1. The molecule has 54 heavy (non-hydrogen) atoms. The highest BCUT2D eigenvalue weighted by Gasteiger charge is 2.52. The van der Waals surface area contributed by atoms with Crippen LogP contribution in [0.15, 0.2) is 183 Å². The first-order valence-electron chi connectivity index (χ1n) is 18.2. The molecule has 8 aromatic rings. The Morgan fingerprint density at radius 1 is 0.519 bits per heavy atom. The molecule has 2 aliphatic rings. The van der Waals surface area contributed by atoms with Crippen molar-refractivity contribution in [1.82, 2.24) is 19.9 Å². The number of fused-ring (bicyclic) bond motifs is 11. The quantitative estimate of drug-likeness (QED) is 0.163. The Hall–Kier alpha value is -7.04. The van der Waals surface area contributed by atoms with Gasteiger partial charge in [-0.05, 0) is 105 Å². The minimum atomic E-state index is -0.456. The van der Waals surface area contributed by atoms with Crippen molar-refractivity contribution in [1.29, 1.82) is 0 Å². The molecule has 0 radical (unpaired) electrons. The van der Waals surface area contributed by atoms with Gasteiger partial charge in [-0.25, -0.2) is 9.97 Å². The summed E-state index contributed by atoms with van der Waals surface area (Å²) in [5.74, 6) is 0.671. The molecule has 3 aromatic heterocycles. The van der Waals surface area contributed by atoms with Crippen LogP contribution in [0.4, 0.5) is 0 Å². The molecule has 0 saturated heterocycles. The van der Waals surface area contributed by atoms with Gasteiger partial charge in [-0.3, -0.25) is 9.97 Å². The molecule has 2 aliphatic carbocycles. The summed E-state index contributed by atoms with van der Waals surface area (Å²) in [5.41, 5.74) is 16.7. The second-order valence-corrected chi connectivity index (χ2v) is 13.9. The van der Waals surface area contributed by atoms with Crippen LogP contribution in [0.1, 0.15) is 46.3 Å². The lowest BCUT2D eigenvalue weighted by Gasteiger charge is -2.30. The number of para-hydroxylation sites is 1. The maximum absolute atomic E-state index is 5.51. The topological polar surface area (TPSA) is 51.6 Å². The highest BCUT2D eigenvalue weighted by atomic mass is 14.9. The minimum Gasteiger partial charge on any atom is -0.257 e. The lowest BCUT2D eigenvalue weighted by molar-refractivity contribution is 0.794. The zero-order valence-corrected chi connectivity index (χ0v) is 29.7. The molecule has 4 nitrogen and oxygen atoms in total. The van der Waals surface area contributed by atoms with Crippen LogP contribution in [0.25, 0.3) is 61.3 Å². The number of nitrogens with zero attached hydrogens (tertiary/aromatic N) is 4. The fraction of sp³-hybridized carbons (Fsp3) is 0.0400. The number of rotatable bonds is 6. The Morgan fingerprint density at radius 3 is 1.76 bits per heavy atom. The molecule has 0 aliphatic heterocycles. The number of hydrogen-bond donors (Lipinski definition) is 0. The smallest absolute Gasteiger partial charge is 0.161 e. The van der Waals surface area contributed by atoms with E-state index >= 15 is 0 Å². The van der Waals surface area contributed by atoms with Crippen molar-refractivity contribution in [2.45, 2.75) is 12.3 Å². The Kier molecular flexibility index (Phi) is 7.38. The minimum absolute atomic E-state index is 0.456. The maximum atomic E-state index is 5.51. The van der Waals surface area contributed by atoms with E-state index in [0.29, 0.717) is 5.82 Å². The Balaban J connectivity index is 1.24. The molecule has 0 N–H and O–H groups in total. The van der Waals surface area contributed by atoms with E-state index in [1.165, 1.54) is 44.5 Å². The molecular formula is C50H34N4. The summed E-state index contributed by atoms with van der Waals surface area (Å²) in [5, 5.41) is 0.953. The number of hydrogen-bond acceptors (Lipinski definition) is 4. The summed E-state index contributed by atoms with van der Waals surface area (Å²) in [6.45, 7) is 6.54. The van der Waals surface area contributed by atoms with Crippen molar-refractivity contribution in [3.63, 3.8) is 0 Å². The highest BCUT2D eigenvalue weighted by Crippen LogP contribution is 2.63. The molecule has 0 saturated carbocycles. The lowest BCUT2D eigenvalue weighted by Crippen LogP contribution is -2.25. The first kappa shape index (κ1) is 31.7.